The van der Waals surface area contributed by atoms with Crippen molar-refractivity contribution in [1.82, 2.24) is 73.2 Å². The van der Waals surface area contributed by atoms with E-state index in [2.05, 4.69) is 63.5 Å². The van der Waals surface area contributed by atoms with E-state index in [0.29, 0.717) is 19.3 Å². The zero-order valence-electron chi connectivity index (χ0n) is 66.4. The first-order valence-corrected chi connectivity index (χ1v) is 38.2. The SMILES string of the molecule is CC[C@H](C)[C@H](NC(=O)[C@@H](NC(=O)[C@@H](NC(=O)[C@@H](N)CCCN=C(N)N)C(C)C)C(C)C)C(=O)N[C@@H](CCC(N)=O)C(=O)N1CCC[C@H]1C(=O)N[C@@H](CO)C(=O)N1CCC[C@H]1C(=O)N[C@H](C(=O)N[C@H](C(=O)N[C@H](C(=O)N[C@H](C(=O)N[C@@H](CC(C)C)C(=O)N1CCC[C@H]1C(=O)NCC(=O)O)[C@@H](C)O)C(C)C)C(C)C)C(C)C. The number of nitrogens with zero attached hydrogens (tertiary/aromatic N) is 4. The van der Waals surface area contributed by atoms with Gasteiger partial charge in [-0.1, -0.05) is 103 Å². The third kappa shape index (κ3) is 28.5. The van der Waals surface area contributed by atoms with E-state index < -0.39 is 240 Å². The molecule has 3 saturated heterocycles. The molecule has 0 aromatic carbocycles. The maximum Gasteiger partial charge on any atom is 0.322 e. The molecule has 0 aromatic heterocycles. The lowest BCUT2D eigenvalue weighted by Gasteiger charge is -2.33. The van der Waals surface area contributed by atoms with Crippen molar-refractivity contribution in [2.75, 3.05) is 39.3 Å². The van der Waals surface area contributed by atoms with Crippen LogP contribution >= 0.6 is 0 Å². The molecule has 3 heterocycles. The van der Waals surface area contributed by atoms with E-state index in [1.165, 1.54) is 11.8 Å². The quantitative estimate of drug-likeness (QED) is 0.0155. The van der Waals surface area contributed by atoms with Crippen molar-refractivity contribution < 1.29 is 92.0 Å². The summed E-state index contributed by atoms with van der Waals surface area (Å²) in [6, 6.07) is -18.5. The van der Waals surface area contributed by atoms with Crippen LogP contribution in [0.25, 0.3) is 0 Å². The first-order valence-electron chi connectivity index (χ1n) is 38.2. The van der Waals surface area contributed by atoms with Crippen LogP contribution in [-0.4, -0.2) is 261 Å². The summed E-state index contributed by atoms with van der Waals surface area (Å²) in [7, 11) is 0. The number of aliphatic hydroxyl groups excluding tert-OH is 2. The molecular formula is C72H125N19O19. The van der Waals surface area contributed by atoms with Gasteiger partial charge in [-0.3, -0.25) is 81.7 Å². The molecule has 3 fully saturated rings. The topological polar surface area (TPSA) is 592 Å². The molecule has 3 aliphatic rings. The minimum Gasteiger partial charge on any atom is -0.480 e. The summed E-state index contributed by atoms with van der Waals surface area (Å²) in [5.74, 6) is -17.3. The van der Waals surface area contributed by atoms with Crippen LogP contribution in [0.3, 0.4) is 0 Å². The molecule has 0 aliphatic carbocycles. The van der Waals surface area contributed by atoms with Gasteiger partial charge in [0, 0.05) is 32.6 Å². The van der Waals surface area contributed by atoms with Gasteiger partial charge in [0.2, 0.25) is 88.6 Å². The minimum atomic E-state index is -1.68. The Hall–Kier alpha value is -9.33. The molecule has 0 spiro atoms. The van der Waals surface area contributed by atoms with E-state index >= 15 is 0 Å². The zero-order chi connectivity index (χ0) is 83.5. The molecule has 3 aliphatic heterocycles. The molecule has 622 valence electrons. The van der Waals surface area contributed by atoms with Gasteiger partial charge < -0.3 is 111 Å². The Morgan fingerprint density at radius 3 is 1.18 bits per heavy atom. The number of nitrogens with two attached hydrogens (primary N) is 4. The van der Waals surface area contributed by atoms with Crippen LogP contribution in [-0.2, 0) is 76.7 Å². The minimum absolute atomic E-state index is 0.0265. The lowest BCUT2D eigenvalue weighted by atomic mass is 9.95. The third-order valence-electron chi connectivity index (χ3n) is 19.7. The molecular weight excluding hydrogens is 1430 g/mol. The monoisotopic (exact) mass is 1560 g/mol. The van der Waals surface area contributed by atoms with Crippen LogP contribution in [0.2, 0.25) is 0 Å². The summed E-state index contributed by atoms with van der Waals surface area (Å²) >= 11 is 0. The van der Waals surface area contributed by atoms with Crippen molar-refractivity contribution in [3.05, 3.63) is 0 Å². The van der Waals surface area contributed by atoms with Crippen LogP contribution in [0.4, 0.5) is 0 Å². The lowest BCUT2D eigenvalue weighted by molar-refractivity contribution is -0.145. The van der Waals surface area contributed by atoms with Crippen molar-refractivity contribution in [2.24, 2.45) is 69.4 Å². The van der Waals surface area contributed by atoms with Gasteiger partial charge in [0.1, 0.15) is 85.1 Å². The predicted octanol–water partition coefficient (Wildman–Crippen LogP) is -4.60. The predicted molar refractivity (Wildman–Crippen MR) is 402 cm³/mol. The molecule has 38 nitrogen and oxygen atoms in total. The summed E-state index contributed by atoms with van der Waals surface area (Å²) in [6.45, 7) is 23.2. The molecule has 0 aromatic rings. The molecule has 0 radical (unpaired) electrons. The number of aliphatic imine (C=N–C) groups is 1. The Balaban J connectivity index is 1.77. The van der Waals surface area contributed by atoms with Crippen molar-refractivity contribution >= 4 is 101 Å². The number of nitrogens with one attached hydrogen (secondary N) is 11. The molecule has 22 N–H and O–H groups in total. The van der Waals surface area contributed by atoms with Gasteiger partial charge in [-0.05, 0) is 113 Å². The summed E-state index contributed by atoms with van der Waals surface area (Å²) in [5.41, 5.74) is 22.4. The number of carboxylic acids is 1. The van der Waals surface area contributed by atoms with Crippen LogP contribution in [0.1, 0.15) is 181 Å². The Kier molecular flexibility index (Phi) is 38.9. The van der Waals surface area contributed by atoms with E-state index in [-0.39, 0.29) is 89.4 Å². The third-order valence-corrected chi connectivity index (χ3v) is 19.7. The number of aliphatic hydroxyl groups is 2. The van der Waals surface area contributed by atoms with Crippen molar-refractivity contribution in [1.29, 1.82) is 0 Å². The summed E-state index contributed by atoms with van der Waals surface area (Å²) in [4.78, 5) is 228. The fourth-order valence-corrected chi connectivity index (χ4v) is 13.2. The highest BCUT2D eigenvalue weighted by Gasteiger charge is 2.46. The van der Waals surface area contributed by atoms with Crippen molar-refractivity contribution in [2.45, 2.75) is 272 Å². The highest BCUT2D eigenvalue weighted by atomic mass is 16.4. The Labute approximate surface area is 643 Å². The number of primary amides is 1. The number of hydrogen-bond donors (Lipinski definition) is 18. The van der Waals surface area contributed by atoms with Crippen molar-refractivity contribution in [3.63, 3.8) is 0 Å². The molecule has 38 heteroatoms. The highest BCUT2D eigenvalue weighted by Crippen LogP contribution is 2.25. The van der Waals surface area contributed by atoms with Gasteiger partial charge in [-0.25, -0.2) is 0 Å². The standard InChI is InChI=1S/C72H125N19O19/c1-16-40(14)56(87-65(104)54(38(10)11)85-62(101)51(35(4)5)82-58(97)42(73)21-17-27-77-72(75)76)67(106)79-43(25-26-49(74)94)69(108)90-29-19-23-47(90)60(99)81-45(33-92)71(110)91-30-20-24-48(91)61(100)83-52(36(6)7)63(102)84-53(37(8)9)64(103)86-55(39(12)13)66(105)88-57(41(15)93)68(107)80-44(31-34(2)3)70(109)89-28-18-22-46(89)59(98)78-32-50(95)96/h34-48,51-57,92-93H,16-33,73H2,1-15H3,(H2,74,94)(H,78,98)(H,79,106)(H,80,107)(H,81,99)(H,82,97)(H,83,100)(H,84,102)(H,85,101)(H,86,103)(H,87,104)(H,88,105)(H,95,96)(H4,75,76,77)/t40-,41+,42-,43-,44-,45-,46-,47-,48-,51-,52-,53-,54-,55-,56-,57-/m0/s1. The number of carbonyl (C=O) groups excluding carboxylic acids is 15. The number of rotatable bonds is 44. The molecule has 15 amide bonds. The number of guanidine groups is 1. The van der Waals surface area contributed by atoms with Crippen LogP contribution in [0.5, 0.6) is 0 Å². The molecule has 3 rings (SSSR count). The van der Waals surface area contributed by atoms with Gasteiger partial charge in [-0.15, -0.1) is 0 Å². The second-order valence-electron chi connectivity index (χ2n) is 31.0. The van der Waals surface area contributed by atoms with Gasteiger partial charge in [0.25, 0.3) is 0 Å². The van der Waals surface area contributed by atoms with Crippen LogP contribution < -0.4 is 81.4 Å². The average Bonchev–Trinajstić information content (AvgIpc) is 1.46. The molecule has 0 bridgehead atoms. The van der Waals surface area contributed by atoms with E-state index in [1.54, 1.807) is 96.9 Å². The van der Waals surface area contributed by atoms with Gasteiger partial charge >= 0.3 is 5.97 Å². The van der Waals surface area contributed by atoms with Crippen LogP contribution in [0, 0.1) is 41.4 Å². The second-order valence-corrected chi connectivity index (χ2v) is 31.0. The highest BCUT2D eigenvalue weighted by molar-refractivity contribution is 6.01. The maximum absolute atomic E-state index is 14.7. The zero-order valence-corrected chi connectivity index (χ0v) is 66.4. The van der Waals surface area contributed by atoms with Crippen molar-refractivity contribution in [3.8, 4) is 0 Å². The van der Waals surface area contributed by atoms with Gasteiger partial charge in [0.05, 0.1) is 18.8 Å². The smallest absolute Gasteiger partial charge is 0.322 e. The number of aliphatic carboxylic acids is 1. The Morgan fingerprint density at radius 2 is 0.800 bits per heavy atom. The van der Waals surface area contributed by atoms with E-state index in [9.17, 15) is 86.9 Å². The first-order chi connectivity index (χ1) is 51.4. The fourth-order valence-electron chi connectivity index (χ4n) is 13.2. The largest absolute Gasteiger partial charge is 0.480 e. The van der Waals surface area contributed by atoms with Gasteiger partial charge in [-0.2, -0.15) is 0 Å². The normalized spacial score (nSPS) is 19.2. The number of carboxylic acid groups (broad SMARTS) is 1. The Morgan fingerprint density at radius 1 is 0.445 bits per heavy atom. The fraction of sp³-hybridized carbons (Fsp3) is 0.764. The van der Waals surface area contributed by atoms with E-state index in [4.69, 9.17) is 28.0 Å². The van der Waals surface area contributed by atoms with E-state index in [1.807, 2.05) is 0 Å². The summed E-state index contributed by atoms with van der Waals surface area (Å²) < 4.78 is 0. The molecule has 16 atom stereocenters. The summed E-state index contributed by atoms with van der Waals surface area (Å²) in [6.07, 6.45) is -0.0275. The number of hydrogen-bond acceptors (Lipinski definition) is 20. The number of carbonyl (C=O) groups is 16. The van der Waals surface area contributed by atoms with Gasteiger partial charge in [0.15, 0.2) is 5.96 Å². The molecule has 0 unspecified atom stereocenters. The molecule has 0 saturated carbocycles. The first kappa shape index (κ1) is 94.9. The van der Waals surface area contributed by atoms with E-state index in [0.717, 1.165) is 9.80 Å². The number of likely N-dealkylation sites (tertiary alicyclic amines) is 3. The second kappa shape index (κ2) is 45.1. The summed E-state index contributed by atoms with van der Waals surface area (Å²) in [5, 5.41) is 59.4. The number of amides is 15. The average molecular weight is 1560 g/mol. The Bertz CT molecular complexity index is 3260. The molecule has 110 heavy (non-hydrogen) atoms. The lowest BCUT2D eigenvalue weighted by Crippen LogP contribution is -2.63. The maximum atomic E-state index is 14.7. The van der Waals surface area contributed by atoms with Crippen LogP contribution in [0.15, 0.2) is 4.99 Å².